The first-order valence-corrected chi connectivity index (χ1v) is 12.7. The Morgan fingerprint density at radius 3 is 2.78 bits per heavy atom. The summed E-state index contributed by atoms with van der Waals surface area (Å²) in [4.78, 5) is 9.25. The predicted molar refractivity (Wildman–Crippen MR) is 131 cm³/mol. The maximum absolute atomic E-state index is 4.56. The number of hydrogen-bond acceptors (Lipinski definition) is 7. The van der Waals surface area contributed by atoms with Crippen LogP contribution in [0.1, 0.15) is 54.7 Å². The Labute approximate surface area is 193 Å². The van der Waals surface area contributed by atoms with Crippen molar-refractivity contribution in [1.82, 2.24) is 35.1 Å². The molecular formula is C23H25N7S2. The van der Waals surface area contributed by atoms with Crippen molar-refractivity contribution in [3.05, 3.63) is 40.8 Å². The molecule has 0 aliphatic carbocycles. The van der Waals surface area contributed by atoms with Crippen LogP contribution in [0.2, 0.25) is 0 Å². The van der Waals surface area contributed by atoms with E-state index in [1.54, 1.807) is 17.7 Å². The number of nitrogens with zero attached hydrogens (tertiary/aromatic N) is 5. The number of piperidine rings is 1. The molecule has 0 aromatic carbocycles. The molecule has 6 rings (SSSR count). The second-order valence-electron chi connectivity index (χ2n) is 8.83. The monoisotopic (exact) mass is 463 g/mol. The van der Waals surface area contributed by atoms with E-state index in [-0.39, 0.29) is 0 Å². The Morgan fingerprint density at radius 2 is 1.97 bits per heavy atom. The second kappa shape index (κ2) is 7.75. The van der Waals surface area contributed by atoms with Crippen molar-refractivity contribution in [2.75, 3.05) is 13.1 Å². The molecule has 32 heavy (non-hydrogen) atoms. The van der Waals surface area contributed by atoms with Gasteiger partial charge in [0.1, 0.15) is 11.3 Å². The first-order chi connectivity index (χ1) is 15.6. The van der Waals surface area contributed by atoms with Crippen molar-refractivity contribution in [3.8, 4) is 21.1 Å². The maximum atomic E-state index is 4.56. The highest BCUT2D eigenvalue weighted by atomic mass is 32.1. The number of aromatic nitrogens is 6. The van der Waals surface area contributed by atoms with Crippen LogP contribution in [-0.2, 0) is 0 Å². The normalized spacial score (nSPS) is 15.5. The standard InChI is InChI=1S/C23H25N7S2/c1-12(2)18-19(15-8-13(3)21-25-11-26-30(21)10-15)27-16-9-17(31-20(16)18)23-29-28-22(32-23)14-4-6-24-7-5-14/h8-12,14,24,27H,4-7H2,1-3H3. The van der Waals surface area contributed by atoms with Crippen LogP contribution in [0.3, 0.4) is 0 Å². The number of thiophene rings is 1. The van der Waals surface area contributed by atoms with E-state index in [9.17, 15) is 0 Å². The molecule has 2 N–H and O–H groups in total. The minimum atomic E-state index is 0.386. The van der Waals surface area contributed by atoms with Gasteiger partial charge in [-0.05, 0) is 62.0 Å². The van der Waals surface area contributed by atoms with E-state index >= 15 is 0 Å². The summed E-state index contributed by atoms with van der Waals surface area (Å²) in [6, 6.07) is 4.44. The molecule has 1 aliphatic rings. The number of H-pyrrole nitrogens is 1. The minimum Gasteiger partial charge on any atom is -0.354 e. The summed E-state index contributed by atoms with van der Waals surface area (Å²) in [5.74, 6) is 0.928. The van der Waals surface area contributed by atoms with Gasteiger partial charge in [0.2, 0.25) is 0 Å². The largest absolute Gasteiger partial charge is 0.354 e. The SMILES string of the molecule is Cc1cc(-c2[nH]c3cc(-c4nnc(C5CCNCC5)s4)sc3c2C(C)C)cn2ncnc12. The lowest BCUT2D eigenvalue weighted by atomic mass is 9.99. The number of nitrogens with one attached hydrogen (secondary N) is 2. The molecule has 1 fully saturated rings. The first-order valence-electron chi connectivity index (χ1n) is 11.1. The highest BCUT2D eigenvalue weighted by Gasteiger charge is 2.23. The molecule has 164 valence electrons. The molecule has 1 saturated heterocycles. The zero-order chi connectivity index (χ0) is 21.8. The molecule has 0 spiro atoms. The van der Waals surface area contributed by atoms with Crippen LogP contribution in [-0.4, -0.2) is 42.9 Å². The van der Waals surface area contributed by atoms with E-state index in [0.717, 1.165) is 47.7 Å². The first kappa shape index (κ1) is 20.0. The van der Waals surface area contributed by atoms with E-state index in [1.807, 2.05) is 15.9 Å². The number of hydrogen-bond donors (Lipinski definition) is 2. The fourth-order valence-electron chi connectivity index (χ4n) is 4.68. The predicted octanol–water partition coefficient (Wildman–Crippen LogP) is 5.36. The molecule has 0 radical (unpaired) electrons. The molecule has 0 amide bonds. The summed E-state index contributed by atoms with van der Waals surface area (Å²) >= 11 is 3.58. The minimum absolute atomic E-state index is 0.386. The molecule has 7 nitrogen and oxygen atoms in total. The van der Waals surface area contributed by atoms with Crippen LogP contribution < -0.4 is 5.32 Å². The van der Waals surface area contributed by atoms with Gasteiger partial charge in [-0.1, -0.05) is 25.2 Å². The van der Waals surface area contributed by atoms with Crippen LogP contribution in [0.5, 0.6) is 0 Å². The van der Waals surface area contributed by atoms with Crippen LogP contribution in [0.25, 0.3) is 37.0 Å². The Morgan fingerprint density at radius 1 is 1.12 bits per heavy atom. The van der Waals surface area contributed by atoms with E-state index in [4.69, 9.17) is 0 Å². The van der Waals surface area contributed by atoms with Crippen molar-refractivity contribution in [2.24, 2.45) is 0 Å². The van der Waals surface area contributed by atoms with Gasteiger partial charge in [0, 0.05) is 17.7 Å². The summed E-state index contributed by atoms with van der Waals surface area (Å²) in [6.07, 6.45) is 5.97. The van der Waals surface area contributed by atoms with Gasteiger partial charge >= 0.3 is 0 Å². The second-order valence-corrected chi connectivity index (χ2v) is 10.9. The van der Waals surface area contributed by atoms with E-state index in [2.05, 4.69) is 69.7 Å². The molecule has 6 heterocycles. The van der Waals surface area contributed by atoms with Gasteiger partial charge in [-0.15, -0.1) is 21.5 Å². The van der Waals surface area contributed by atoms with E-state index in [0.29, 0.717) is 11.8 Å². The number of pyridine rings is 1. The molecule has 0 atom stereocenters. The zero-order valence-corrected chi connectivity index (χ0v) is 20.0. The Balaban J connectivity index is 1.41. The summed E-state index contributed by atoms with van der Waals surface area (Å²) in [5.41, 5.74) is 6.83. The lowest BCUT2D eigenvalue weighted by Gasteiger charge is -2.19. The van der Waals surface area contributed by atoms with Crippen LogP contribution >= 0.6 is 22.7 Å². The molecular weight excluding hydrogens is 438 g/mol. The highest BCUT2D eigenvalue weighted by Crippen LogP contribution is 2.44. The number of aromatic amines is 1. The van der Waals surface area contributed by atoms with Crippen LogP contribution in [0.4, 0.5) is 0 Å². The summed E-state index contributed by atoms with van der Waals surface area (Å²) in [7, 11) is 0. The number of fused-ring (bicyclic) bond motifs is 2. The molecule has 1 aliphatic heterocycles. The van der Waals surface area contributed by atoms with E-state index in [1.165, 1.54) is 31.4 Å². The topological polar surface area (TPSA) is 83.8 Å². The summed E-state index contributed by atoms with van der Waals surface area (Å²) in [6.45, 7) is 8.74. The summed E-state index contributed by atoms with van der Waals surface area (Å²) < 4.78 is 3.17. The molecule has 5 aromatic heterocycles. The summed E-state index contributed by atoms with van der Waals surface area (Å²) in [5, 5.41) is 19.1. The quantitative estimate of drug-likeness (QED) is 0.375. The number of aryl methyl sites for hydroxylation is 1. The van der Waals surface area contributed by atoms with Gasteiger partial charge in [-0.2, -0.15) is 5.10 Å². The molecule has 5 aromatic rings. The van der Waals surface area contributed by atoms with Gasteiger partial charge < -0.3 is 10.3 Å². The fourth-order valence-corrected chi connectivity index (χ4v) is 7.05. The smallest absolute Gasteiger partial charge is 0.158 e. The van der Waals surface area contributed by atoms with Crippen LogP contribution in [0, 0.1) is 6.92 Å². The average Bonchev–Trinajstić information content (AvgIpc) is 3.55. The molecule has 9 heteroatoms. The lowest BCUT2D eigenvalue weighted by Crippen LogP contribution is -2.26. The van der Waals surface area contributed by atoms with Crippen molar-refractivity contribution < 1.29 is 0 Å². The van der Waals surface area contributed by atoms with Gasteiger partial charge in [0.25, 0.3) is 0 Å². The molecule has 0 bridgehead atoms. The lowest BCUT2D eigenvalue weighted by molar-refractivity contribution is 0.457. The van der Waals surface area contributed by atoms with Crippen molar-refractivity contribution in [3.63, 3.8) is 0 Å². The van der Waals surface area contributed by atoms with Crippen molar-refractivity contribution in [1.29, 1.82) is 0 Å². The van der Waals surface area contributed by atoms with Gasteiger partial charge in [-0.3, -0.25) is 0 Å². The van der Waals surface area contributed by atoms with Crippen molar-refractivity contribution >= 4 is 38.5 Å². The maximum Gasteiger partial charge on any atom is 0.158 e. The zero-order valence-electron chi connectivity index (χ0n) is 18.3. The highest BCUT2D eigenvalue weighted by molar-refractivity contribution is 7.26. The van der Waals surface area contributed by atoms with Gasteiger partial charge in [0.05, 0.1) is 20.8 Å². The Bertz CT molecular complexity index is 1420. The van der Waals surface area contributed by atoms with Crippen molar-refractivity contribution in [2.45, 2.75) is 45.4 Å². The fraction of sp³-hybridized carbons (Fsp3) is 0.391. The molecule has 0 unspecified atom stereocenters. The third-order valence-corrected chi connectivity index (χ3v) is 8.69. The third kappa shape index (κ3) is 3.27. The van der Waals surface area contributed by atoms with Crippen LogP contribution in [0.15, 0.2) is 24.7 Å². The Kier molecular flexibility index (Phi) is 4.85. The van der Waals surface area contributed by atoms with E-state index < -0.39 is 0 Å². The average molecular weight is 464 g/mol. The van der Waals surface area contributed by atoms with Gasteiger partial charge in [0.15, 0.2) is 10.7 Å². The molecule has 0 saturated carbocycles. The van der Waals surface area contributed by atoms with Gasteiger partial charge in [-0.25, -0.2) is 9.50 Å². The number of rotatable bonds is 4. The Hall–Kier alpha value is -2.62. The third-order valence-electron chi connectivity index (χ3n) is 6.27.